The van der Waals surface area contributed by atoms with Crippen LogP contribution in [0.4, 0.5) is 13.2 Å². The van der Waals surface area contributed by atoms with E-state index in [1.165, 1.54) is 23.9 Å². The molecule has 0 heterocycles. The summed E-state index contributed by atoms with van der Waals surface area (Å²) in [5.74, 6) is -0.115. The van der Waals surface area contributed by atoms with Crippen LogP contribution in [-0.2, 0) is 6.18 Å². The smallest absolute Gasteiger partial charge is 0.289 e. The maximum atomic E-state index is 12.7. The third-order valence-corrected chi connectivity index (χ3v) is 4.66. The molecule has 0 aromatic heterocycles. The first kappa shape index (κ1) is 17.3. The van der Waals surface area contributed by atoms with Gasteiger partial charge in [-0.05, 0) is 36.4 Å². The van der Waals surface area contributed by atoms with Crippen molar-refractivity contribution in [3.8, 4) is 0 Å². The quantitative estimate of drug-likeness (QED) is 0.525. The molecule has 0 atom stereocenters. The summed E-state index contributed by atoms with van der Waals surface area (Å²) in [6.07, 6.45) is -4.36. The number of ketones is 1. The van der Waals surface area contributed by atoms with E-state index in [2.05, 4.69) is 0 Å². The Morgan fingerprint density at radius 1 is 0.760 bits per heavy atom. The van der Waals surface area contributed by atoms with Gasteiger partial charge in [-0.2, -0.15) is 13.2 Å². The fraction of sp³-hybridized carbons (Fsp3) is 0.0500. The lowest BCUT2D eigenvalue weighted by Gasteiger charge is -2.10. The minimum Gasteiger partial charge on any atom is -0.289 e. The van der Waals surface area contributed by atoms with Gasteiger partial charge in [0, 0.05) is 20.9 Å². The Balaban J connectivity index is 1.88. The summed E-state index contributed by atoms with van der Waals surface area (Å²) in [7, 11) is 0. The van der Waals surface area contributed by atoms with Gasteiger partial charge in [0.15, 0.2) is 5.78 Å². The number of carbonyl (C=O) groups excluding carboxylic acids is 1. The van der Waals surface area contributed by atoms with Gasteiger partial charge >= 0.3 is 6.18 Å². The number of alkyl halides is 3. The van der Waals surface area contributed by atoms with Crippen LogP contribution in [0.15, 0.2) is 88.7 Å². The zero-order chi connectivity index (χ0) is 17.9. The summed E-state index contributed by atoms with van der Waals surface area (Å²) >= 11 is 1.27. The maximum absolute atomic E-state index is 12.7. The standard InChI is InChI=1S/C20H13F3OS/c21-20(22,23)15-10-12-16(13-11-15)25-18-9-5-4-8-17(18)19(24)14-6-2-1-3-7-14/h1-13H. The molecule has 0 unspecified atom stereocenters. The van der Waals surface area contributed by atoms with Crippen LogP contribution in [-0.4, -0.2) is 5.78 Å². The highest BCUT2D eigenvalue weighted by atomic mass is 32.2. The van der Waals surface area contributed by atoms with Crippen LogP contribution >= 0.6 is 11.8 Å². The van der Waals surface area contributed by atoms with E-state index in [9.17, 15) is 18.0 Å². The molecule has 0 aliphatic heterocycles. The van der Waals surface area contributed by atoms with Crippen LogP contribution in [0.2, 0.25) is 0 Å². The Morgan fingerprint density at radius 2 is 1.36 bits per heavy atom. The summed E-state index contributed by atoms with van der Waals surface area (Å²) in [4.78, 5) is 14.0. The van der Waals surface area contributed by atoms with Crippen LogP contribution in [0.1, 0.15) is 21.5 Å². The number of halogens is 3. The Bertz CT molecular complexity index is 871. The summed E-state index contributed by atoms with van der Waals surface area (Å²) in [5.41, 5.74) is 0.409. The van der Waals surface area contributed by atoms with Crippen LogP contribution in [0.25, 0.3) is 0 Å². The first-order chi connectivity index (χ1) is 11.9. The average molecular weight is 358 g/mol. The van der Waals surface area contributed by atoms with Gasteiger partial charge in [0.1, 0.15) is 0 Å². The molecule has 0 aliphatic carbocycles. The largest absolute Gasteiger partial charge is 0.416 e. The third-order valence-electron chi connectivity index (χ3n) is 3.58. The second-order valence-corrected chi connectivity index (χ2v) is 6.43. The van der Waals surface area contributed by atoms with Gasteiger partial charge < -0.3 is 0 Å². The average Bonchev–Trinajstić information content (AvgIpc) is 2.62. The molecule has 3 aromatic carbocycles. The molecule has 0 aliphatic rings. The number of rotatable bonds is 4. The molecule has 0 saturated heterocycles. The van der Waals surface area contributed by atoms with Crippen molar-refractivity contribution in [1.82, 2.24) is 0 Å². The molecule has 0 N–H and O–H groups in total. The monoisotopic (exact) mass is 358 g/mol. The van der Waals surface area contributed by atoms with Crippen LogP contribution in [0.3, 0.4) is 0 Å². The van der Waals surface area contributed by atoms with E-state index in [4.69, 9.17) is 0 Å². The number of carbonyl (C=O) groups is 1. The fourth-order valence-electron chi connectivity index (χ4n) is 2.33. The first-order valence-corrected chi connectivity index (χ1v) is 8.31. The van der Waals surface area contributed by atoms with Gasteiger partial charge in [0.2, 0.25) is 0 Å². The predicted molar refractivity (Wildman–Crippen MR) is 91.9 cm³/mol. The van der Waals surface area contributed by atoms with Gasteiger partial charge in [-0.15, -0.1) is 0 Å². The second-order valence-electron chi connectivity index (χ2n) is 5.32. The van der Waals surface area contributed by atoms with E-state index in [1.54, 1.807) is 48.5 Å². The molecule has 126 valence electrons. The van der Waals surface area contributed by atoms with Crippen molar-refractivity contribution < 1.29 is 18.0 Å². The summed E-state index contributed by atoms with van der Waals surface area (Å²) in [6, 6.07) is 20.9. The van der Waals surface area contributed by atoms with Crippen molar-refractivity contribution in [2.24, 2.45) is 0 Å². The van der Waals surface area contributed by atoms with Crippen molar-refractivity contribution in [3.05, 3.63) is 95.6 Å². The molecule has 25 heavy (non-hydrogen) atoms. The van der Waals surface area contributed by atoms with Crippen molar-refractivity contribution >= 4 is 17.5 Å². The Morgan fingerprint density at radius 3 is 2.00 bits per heavy atom. The van der Waals surface area contributed by atoms with E-state index < -0.39 is 11.7 Å². The zero-order valence-electron chi connectivity index (χ0n) is 13.0. The van der Waals surface area contributed by atoms with Gasteiger partial charge in [-0.25, -0.2) is 0 Å². The minimum atomic E-state index is -4.36. The minimum absolute atomic E-state index is 0.115. The molecule has 3 aromatic rings. The lowest BCUT2D eigenvalue weighted by Crippen LogP contribution is -2.04. The van der Waals surface area contributed by atoms with Crippen LogP contribution < -0.4 is 0 Å². The Hall–Kier alpha value is -2.53. The summed E-state index contributed by atoms with van der Waals surface area (Å²) in [6.45, 7) is 0. The second kappa shape index (κ2) is 7.15. The molecule has 0 saturated carbocycles. The van der Waals surface area contributed by atoms with Crippen molar-refractivity contribution in [2.45, 2.75) is 16.0 Å². The normalized spacial score (nSPS) is 11.3. The molecule has 0 radical (unpaired) electrons. The summed E-state index contributed by atoms with van der Waals surface area (Å²) < 4.78 is 38.0. The predicted octanol–water partition coefficient (Wildman–Crippen LogP) is 6.09. The lowest BCUT2D eigenvalue weighted by molar-refractivity contribution is -0.137. The molecule has 1 nitrogen and oxygen atoms in total. The molecular formula is C20H13F3OS. The maximum Gasteiger partial charge on any atom is 0.416 e. The van der Waals surface area contributed by atoms with E-state index in [0.29, 0.717) is 20.9 Å². The van der Waals surface area contributed by atoms with E-state index in [1.807, 2.05) is 6.07 Å². The highest BCUT2D eigenvalue weighted by Gasteiger charge is 2.30. The molecule has 0 spiro atoms. The van der Waals surface area contributed by atoms with Crippen molar-refractivity contribution in [1.29, 1.82) is 0 Å². The molecule has 3 rings (SSSR count). The summed E-state index contributed by atoms with van der Waals surface area (Å²) in [5, 5.41) is 0. The highest BCUT2D eigenvalue weighted by molar-refractivity contribution is 7.99. The van der Waals surface area contributed by atoms with Gasteiger partial charge in [0.05, 0.1) is 5.56 Å². The van der Waals surface area contributed by atoms with Crippen molar-refractivity contribution in [3.63, 3.8) is 0 Å². The molecular weight excluding hydrogens is 345 g/mol. The van der Waals surface area contributed by atoms with E-state index >= 15 is 0 Å². The van der Waals surface area contributed by atoms with Crippen LogP contribution in [0, 0.1) is 0 Å². The zero-order valence-corrected chi connectivity index (χ0v) is 13.8. The highest BCUT2D eigenvalue weighted by Crippen LogP contribution is 2.34. The van der Waals surface area contributed by atoms with E-state index in [0.717, 1.165) is 12.1 Å². The number of hydrogen-bond acceptors (Lipinski definition) is 2. The van der Waals surface area contributed by atoms with Crippen molar-refractivity contribution in [2.75, 3.05) is 0 Å². The SMILES string of the molecule is O=C(c1ccccc1)c1ccccc1Sc1ccc(C(F)(F)F)cc1. The van der Waals surface area contributed by atoms with E-state index in [-0.39, 0.29) is 5.78 Å². The van der Waals surface area contributed by atoms with Gasteiger partial charge in [0.25, 0.3) is 0 Å². The first-order valence-electron chi connectivity index (χ1n) is 7.49. The molecule has 0 amide bonds. The topological polar surface area (TPSA) is 17.1 Å². The number of benzene rings is 3. The number of hydrogen-bond donors (Lipinski definition) is 0. The van der Waals surface area contributed by atoms with Gasteiger partial charge in [-0.3, -0.25) is 4.79 Å². The Labute approximate surface area is 147 Å². The fourth-order valence-corrected chi connectivity index (χ4v) is 3.27. The lowest BCUT2D eigenvalue weighted by atomic mass is 10.0. The molecule has 0 fully saturated rings. The van der Waals surface area contributed by atoms with Gasteiger partial charge in [-0.1, -0.05) is 54.2 Å². The molecule has 5 heteroatoms. The third kappa shape index (κ3) is 4.12. The van der Waals surface area contributed by atoms with Crippen LogP contribution in [0.5, 0.6) is 0 Å². The Kier molecular flexibility index (Phi) is 4.95. The molecule has 0 bridgehead atoms.